The summed E-state index contributed by atoms with van der Waals surface area (Å²) in [5, 5.41) is 9.10. The molecule has 1 amide bonds. The predicted molar refractivity (Wildman–Crippen MR) is 45.2 cm³/mol. The summed E-state index contributed by atoms with van der Waals surface area (Å²) in [4.78, 5) is 12.8. The standard InChI is InChI=1S/C8H15N2O2/c1-6(11)5-10-4-2-3-7(10)8(9)12/h3,6-7,11H,2,4-5H2,1H3,(H2,9,12)/t6-,7-/m1/s1. The normalized spacial score (nSPS) is 27.3. The van der Waals surface area contributed by atoms with Crippen molar-refractivity contribution in [2.24, 2.45) is 5.73 Å². The molecule has 0 unspecified atom stereocenters. The Kier molecular flexibility index (Phi) is 3.05. The molecule has 4 heteroatoms. The van der Waals surface area contributed by atoms with E-state index in [1.54, 1.807) is 6.92 Å². The van der Waals surface area contributed by atoms with Crippen molar-refractivity contribution < 1.29 is 9.90 Å². The highest BCUT2D eigenvalue weighted by atomic mass is 16.3. The topological polar surface area (TPSA) is 66.6 Å². The number of carbonyl (C=O) groups is 1. The minimum absolute atomic E-state index is 0.278. The quantitative estimate of drug-likeness (QED) is 0.580. The fraction of sp³-hybridized carbons (Fsp3) is 0.750. The minimum atomic E-state index is -0.404. The van der Waals surface area contributed by atoms with Crippen LogP contribution in [0.3, 0.4) is 0 Å². The van der Waals surface area contributed by atoms with Gasteiger partial charge in [-0.2, -0.15) is 0 Å². The van der Waals surface area contributed by atoms with Crippen molar-refractivity contribution >= 4 is 5.91 Å². The second-order valence-corrected chi connectivity index (χ2v) is 3.22. The number of β-amino-alcohol motifs (C(OH)–C–C–N with tert-alkyl or cyclic N) is 1. The number of nitrogens with zero attached hydrogens (tertiary/aromatic N) is 1. The molecule has 1 heterocycles. The van der Waals surface area contributed by atoms with E-state index in [4.69, 9.17) is 10.8 Å². The van der Waals surface area contributed by atoms with Gasteiger partial charge in [0.2, 0.25) is 5.91 Å². The number of aliphatic hydroxyl groups excluding tert-OH is 1. The molecule has 69 valence electrons. The third-order valence-electron chi connectivity index (χ3n) is 1.99. The van der Waals surface area contributed by atoms with Crippen molar-refractivity contribution in [1.29, 1.82) is 0 Å². The molecule has 0 aromatic carbocycles. The third-order valence-corrected chi connectivity index (χ3v) is 1.99. The zero-order valence-corrected chi connectivity index (χ0v) is 7.23. The molecule has 1 radical (unpaired) electrons. The van der Waals surface area contributed by atoms with Crippen LogP contribution in [-0.4, -0.2) is 41.1 Å². The summed E-state index contributed by atoms with van der Waals surface area (Å²) in [6, 6.07) is -0.278. The van der Waals surface area contributed by atoms with E-state index in [2.05, 4.69) is 0 Å². The molecule has 1 aliphatic rings. The maximum absolute atomic E-state index is 10.9. The Balaban J connectivity index is 2.46. The molecular weight excluding hydrogens is 156 g/mol. The van der Waals surface area contributed by atoms with Crippen molar-refractivity contribution in [3.63, 3.8) is 0 Å². The van der Waals surface area contributed by atoms with E-state index in [1.165, 1.54) is 0 Å². The first-order valence-corrected chi connectivity index (χ1v) is 4.16. The van der Waals surface area contributed by atoms with Gasteiger partial charge >= 0.3 is 0 Å². The monoisotopic (exact) mass is 171 g/mol. The second-order valence-electron chi connectivity index (χ2n) is 3.22. The molecule has 12 heavy (non-hydrogen) atoms. The lowest BCUT2D eigenvalue weighted by Crippen LogP contribution is -2.43. The molecule has 0 spiro atoms. The van der Waals surface area contributed by atoms with Crippen LogP contribution in [-0.2, 0) is 4.79 Å². The molecule has 1 aliphatic heterocycles. The lowest BCUT2D eigenvalue weighted by molar-refractivity contribution is -0.121. The van der Waals surface area contributed by atoms with Gasteiger partial charge in [-0.3, -0.25) is 9.69 Å². The summed E-state index contributed by atoms with van der Waals surface area (Å²) in [5.74, 6) is -0.326. The Hall–Kier alpha value is -0.610. The van der Waals surface area contributed by atoms with E-state index < -0.39 is 6.10 Å². The van der Waals surface area contributed by atoms with Crippen LogP contribution in [0.1, 0.15) is 13.3 Å². The van der Waals surface area contributed by atoms with Gasteiger partial charge in [-0.1, -0.05) is 0 Å². The first-order valence-electron chi connectivity index (χ1n) is 4.16. The molecule has 0 saturated carbocycles. The summed E-state index contributed by atoms with van der Waals surface area (Å²) in [5.41, 5.74) is 5.17. The van der Waals surface area contributed by atoms with E-state index in [9.17, 15) is 4.79 Å². The Labute approximate surface area is 72.3 Å². The Morgan fingerprint density at radius 2 is 2.58 bits per heavy atom. The molecule has 0 aromatic heterocycles. The van der Waals surface area contributed by atoms with Crippen LogP contribution in [0, 0.1) is 6.42 Å². The van der Waals surface area contributed by atoms with Crippen LogP contribution in [0.15, 0.2) is 0 Å². The van der Waals surface area contributed by atoms with Crippen molar-refractivity contribution in [1.82, 2.24) is 4.90 Å². The zero-order chi connectivity index (χ0) is 9.14. The maximum Gasteiger partial charge on any atom is 0.235 e. The first-order chi connectivity index (χ1) is 5.61. The van der Waals surface area contributed by atoms with Crippen molar-refractivity contribution in [2.45, 2.75) is 25.5 Å². The molecule has 0 aromatic rings. The predicted octanol–water partition coefficient (Wildman–Crippen LogP) is -0.869. The van der Waals surface area contributed by atoms with Gasteiger partial charge in [-0.25, -0.2) is 0 Å². The lowest BCUT2D eigenvalue weighted by Gasteiger charge is -2.22. The summed E-state index contributed by atoms with van der Waals surface area (Å²) >= 11 is 0. The van der Waals surface area contributed by atoms with E-state index in [0.717, 1.165) is 13.0 Å². The van der Waals surface area contributed by atoms with Gasteiger partial charge in [0.25, 0.3) is 0 Å². The minimum Gasteiger partial charge on any atom is -0.392 e. The largest absolute Gasteiger partial charge is 0.392 e. The summed E-state index contributed by atoms with van der Waals surface area (Å²) in [6.45, 7) is 3.04. The number of hydrogen-bond acceptors (Lipinski definition) is 3. The van der Waals surface area contributed by atoms with Gasteiger partial charge in [0.1, 0.15) is 0 Å². The maximum atomic E-state index is 10.9. The third kappa shape index (κ3) is 2.19. The van der Waals surface area contributed by atoms with Gasteiger partial charge in [0.15, 0.2) is 0 Å². The lowest BCUT2D eigenvalue weighted by atomic mass is 10.2. The summed E-state index contributed by atoms with van der Waals surface area (Å²) in [7, 11) is 0. The van der Waals surface area contributed by atoms with E-state index >= 15 is 0 Å². The highest BCUT2D eigenvalue weighted by Crippen LogP contribution is 2.15. The number of aliphatic hydroxyl groups is 1. The number of primary amides is 1. The number of hydrogen-bond donors (Lipinski definition) is 2. The van der Waals surface area contributed by atoms with Crippen LogP contribution in [0.2, 0.25) is 0 Å². The molecule has 1 rings (SSSR count). The fourth-order valence-electron chi connectivity index (χ4n) is 1.53. The van der Waals surface area contributed by atoms with Crippen LogP contribution in [0.4, 0.5) is 0 Å². The average Bonchev–Trinajstić information content (AvgIpc) is 2.33. The fourth-order valence-corrected chi connectivity index (χ4v) is 1.53. The highest BCUT2D eigenvalue weighted by molar-refractivity contribution is 5.81. The Bertz CT molecular complexity index is 170. The van der Waals surface area contributed by atoms with Crippen LogP contribution in [0.25, 0.3) is 0 Å². The highest BCUT2D eigenvalue weighted by Gasteiger charge is 2.29. The molecular formula is C8H15N2O2. The van der Waals surface area contributed by atoms with Gasteiger partial charge < -0.3 is 10.8 Å². The number of likely N-dealkylation sites (tertiary alicyclic amines) is 1. The summed E-state index contributed by atoms with van der Waals surface area (Å²) in [6.07, 6.45) is 2.36. The SMILES string of the molecule is C[C@@H](O)CN1CC[CH][C@@H]1C(N)=O. The van der Waals surface area contributed by atoms with Crippen molar-refractivity contribution in [3.05, 3.63) is 6.42 Å². The van der Waals surface area contributed by atoms with Crippen LogP contribution >= 0.6 is 0 Å². The first kappa shape index (κ1) is 9.48. The van der Waals surface area contributed by atoms with E-state index in [0.29, 0.717) is 6.54 Å². The average molecular weight is 171 g/mol. The van der Waals surface area contributed by atoms with Crippen LogP contribution < -0.4 is 5.73 Å². The smallest absolute Gasteiger partial charge is 0.235 e. The second kappa shape index (κ2) is 3.87. The molecule has 1 fully saturated rings. The number of rotatable bonds is 3. The Morgan fingerprint density at radius 1 is 1.92 bits per heavy atom. The molecule has 0 aliphatic carbocycles. The van der Waals surface area contributed by atoms with Gasteiger partial charge in [0.05, 0.1) is 12.1 Å². The zero-order valence-electron chi connectivity index (χ0n) is 7.23. The van der Waals surface area contributed by atoms with E-state index in [1.807, 2.05) is 11.3 Å². The number of carbonyl (C=O) groups excluding carboxylic acids is 1. The molecule has 4 nitrogen and oxygen atoms in total. The van der Waals surface area contributed by atoms with E-state index in [-0.39, 0.29) is 11.9 Å². The molecule has 0 bridgehead atoms. The summed E-state index contributed by atoms with van der Waals surface area (Å²) < 4.78 is 0. The molecule has 2 atom stereocenters. The number of nitrogens with two attached hydrogens (primary N) is 1. The number of amides is 1. The van der Waals surface area contributed by atoms with Crippen LogP contribution in [0.5, 0.6) is 0 Å². The Morgan fingerprint density at radius 3 is 3.08 bits per heavy atom. The van der Waals surface area contributed by atoms with Crippen molar-refractivity contribution in [2.75, 3.05) is 13.1 Å². The van der Waals surface area contributed by atoms with Gasteiger partial charge in [-0.15, -0.1) is 0 Å². The molecule has 3 N–H and O–H groups in total. The van der Waals surface area contributed by atoms with Gasteiger partial charge in [0, 0.05) is 6.54 Å². The van der Waals surface area contributed by atoms with Crippen molar-refractivity contribution in [3.8, 4) is 0 Å². The van der Waals surface area contributed by atoms with Gasteiger partial charge in [-0.05, 0) is 26.3 Å². The molecule has 1 saturated heterocycles.